The van der Waals surface area contributed by atoms with Gasteiger partial charge in [0.25, 0.3) is 0 Å². The molecule has 5 nitrogen and oxygen atoms in total. The second-order valence-electron chi connectivity index (χ2n) is 6.36. The van der Waals surface area contributed by atoms with Crippen LogP contribution in [0.1, 0.15) is 48.3 Å². The minimum absolute atomic E-state index is 0.0841. The molecule has 0 spiro atoms. The molecular weight excluding hydrogens is 304 g/mol. The Morgan fingerprint density at radius 2 is 2.12 bits per heavy atom. The van der Waals surface area contributed by atoms with Crippen molar-refractivity contribution in [3.63, 3.8) is 0 Å². The van der Waals surface area contributed by atoms with Gasteiger partial charge in [0.15, 0.2) is 0 Å². The van der Waals surface area contributed by atoms with Crippen LogP contribution in [-0.4, -0.2) is 24.7 Å². The zero-order chi connectivity index (χ0) is 17.3. The molecule has 1 atom stereocenters. The molecule has 1 aliphatic rings. The highest BCUT2D eigenvalue weighted by molar-refractivity contribution is 5.99. The number of benzene rings is 1. The summed E-state index contributed by atoms with van der Waals surface area (Å²) in [5, 5.41) is 3.99. The van der Waals surface area contributed by atoms with E-state index < -0.39 is 0 Å². The van der Waals surface area contributed by atoms with Gasteiger partial charge in [-0.2, -0.15) is 0 Å². The van der Waals surface area contributed by atoms with Gasteiger partial charge in [-0.25, -0.2) is 0 Å². The SMILES string of the molecule is COc1cccc2c1CCCCN2C(=O)[C@@H](C)c1c(C)noc1C. The normalized spacial score (nSPS) is 15.6. The van der Waals surface area contributed by atoms with Crippen LogP contribution in [0.3, 0.4) is 0 Å². The second kappa shape index (κ2) is 6.67. The Morgan fingerprint density at radius 1 is 1.33 bits per heavy atom. The minimum Gasteiger partial charge on any atom is -0.496 e. The van der Waals surface area contributed by atoms with E-state index in [4.69, 9.17) is 9.26 Å². The molecule has 2 aromatic rings. The van der Waals surface area contributed by atoms with E-state index in [1.54, 1.807) is 7.11 Å². The summed E-state index contributed by atoms with van der Waals surface area (Å²) < 4.78 is 10.7. The predicted molar refractivity (Wildman–Crippen MR) is 92.7 cm³/mol. The van der Waals surface area contributed by atoms with Crippen molar-refractivity contribution in [1.82, 2.24) is 5.16 Å². The fraction of sp³-hybridized carbons (Fsp3) is 0.474. The summed E-state index contributed by atoms with van der Waals surface area (Å²) in [7, 11) is 1.68. The number of fused-ring (bicyclic) bond motifs is 1. The maximum Gasteiger partial charge on any atom is 0.234 e. The molecule has 24 heavy (non-hydrogen) atoms. The molecule has 1 aromatic carbocycles. The van der Waals surface area contributed by atoms with Crippen molar-refractivity contribution < 1.29 is 14.1 Å². The molecule has 0 radical (unpaired) electrons. The van der Waals surface area contributed by atoms with Gasteiger partial charge in [-0.15, -0.1) is 0 Å². The van der Waals surface area contributed by atoms with Crippen molar-refractivity contribution in [2.45, 2.75) is 46.0 Å². The fourth-order valence-corrected chi connectivity index (χ4v) is 3.64. The molecule has 0 saturated carbocycles. The maximum atomic E-state index is 13.2. The number of amides is 1. The Kier molecular flexibility index (Phi) is 4.60. The van der Waals surface area contributed by atoms with E-state index in [2.05, 4.69) is 5.16 Å². The summed E-state index contributed by atoms with van der Waals surface area (Å²) in [6.45, 7) is 6.40. The number of carbonyl (C=O) groups excluding carboxylic acids is 1. The molecule has 0 fully saturated rings. The molecule has 1 aromatic heterocycles. The lowest BCUT2D eigenvalue weighted by Gasteiger charge is -2.26. The first kappa shape index (κ1) is 16.6. The molecule has 1 aliphatic heterocycles. The number of anilines is 1. The number of hydrogen-bond donors (Lipinski definition) is 0. The van der Waals surface area contributed by atoms with Crippen LogP contribution in [0.5, 0.6) is 5.75 Å². The van der Waals surface area contributed by atoms with E-state index in [0.717, 1.165) is 54.1 Å². The van der Waals surface area contributed by atoms with Crippen molar-refractivity contribution >= 4 is 11.6 Å². The van der Waals surface area contributed by atoms with Crippen molar-refractivity contribution in [3.05, 3.63) is 40.8 Å². The molecule has 3 rings (SSSR count). The Morgan fingerprint density at radius 3 is 2.79 bits per heavy atom. The molecular formula is C19H24N2O3. The summed E-state index contributed by atoms with van der Waals surface area (Å²) in [6, 6.07) is 5.93. The molecule has 5 heteroatoms. The summed E-state index contributed by atoms with van der Waals surface area (Å²) >= 11 is 0. The number of ether oxygens (including phenoxy) is 1. The molecule has 128 valence electrons. The summed E-state index contributed by atoms with van der Waals surface area (Å²) in [6.07, 6.45) is 2.97. The number of aromatic nitrogens is 1. The Balaban J connectivity index is 1.99. The molecule has 2 heterocycles. The number of hydrogen-bond acceptors (Lipinski definition) is 4. The van der Waals surface area contributed by atoms with E-state index in [1.165, 1.54) is 0 Å². The largest absolute Gasteiger partial charge is 0.496 e. The molecule has 0 saturated heterocycles. The lowest BCUT2D eigenvalue weighted by molar-refractivity contribution is -0.119. The van der Waals surface area contributed by atoms with E-state index in [1.807, 2.05) is 43.9 Å². The van der Waals surface area contributed by atoms with Gasteiger partial charge in [0.05, 0.1) is 24.4 Å². The number of nitrogens with zero attached hydrogens (tertiary/aromatic N) is 2. The van der Waals surface area contributed by atoms with Gasteiger partial charge in [-0.3, -0.25) is 4.79 Å². The monoisotopic (exact) mass is 328 g/mol. The second-order valence-corrected chi connectivity index (χ2v) is 6.36. The lowest BCUT2D eigenvalue weighted by atomic mass is 9.97. The first-order chi connectivity index (χ1) is 11.5. The molecule has 0 aliphatic carbocycles. The molecule has 1 amide bonds. The van der Waals surface area contributed by atoms with Crippen LogP contribution in [0.2, 0.25) is 0 Å². The molecule has 0 N–H and O–H groups in total. The number of carbonyl (C=O) groups is 1. The van der Waals surface area contributed by atoms with Gasteiger partial charge < -0.3 is 14.2 Å². The van der Waals surface area contributed by atoms with Crippen LogP contribution in [0.25, 0.3) is 0 Å². The van der Waals surface area contributed by atoms with Crippen LogP contribution in [0.4, 0.5) is 5.69 Å². The van der Waals surface area contributed by atoms with Gasteiger partial charge in [-0.05, 0) is 52.2 Å². The van der Waals surface area contributed by atoms with Gasteiger partial charge >= 0.3 is 0 Å². The summed E-state index contributed by atoms with van der Waals surface area (Å²) in [5.41, 5.74) is 3.77. The first-order valence-corrected chi connectivity index (χ1v) is 8.44. The third-order valence-corrected chi connectivity index (χ3v) is 4.84. The van der Waals surface area contributed by atoms with Gasteiger partial charge in [0, 0.05) is 17.7 Å². The molecule has 0 unspecified atom stereocenters. The highest BCUT2D eigenvalue weighted by Crippen LogP contribution is 2.35. The Labute approximate surface area is 142 Å². The zero-order valence-corrected chi connectivity index (χ0v) is 14.8. The van der Waals surface area contributed by atoms with E-state index in [9.17, 15) is 4.79 Å². The average Bonchev–Trinajstić information content (AvgIpc) is 2.80. The smallest absolute Gasteiger partial charge is 0.234 e. The zero-order valence-electron chi connectivity index (χ0n) is 14.8. The van der Waals surface area contributed by atoms with Crippen molar-refractivity contribution in [2.24, 2.45) is 0 Å². The van der Waals surface area contributed by atoms with Crippen molar-refractivity contribution in [2.75, 3.05) is 18.6 Å². The third-order valence-electron chi connectivity index (χ3n) is 4.84. The van der Waals surface area contributed by atoms with Crippen LogP contribution in [-0.2, 0) is 11.2 Å². The van der Waals surface area contributed by atoms with Gasteiger partial charge in [0.1, 0.15) is 11.5 Å². The van der Waals surface area contributed by atoms with Crippen molar-refractivity contribution in [1.29, 1.82) is 0 Å². The number of rotatable bonds is 3. The standard InChI is InChI=1S/C19H24N2O3/c1-12(18-13(2)20-24-14(18)3)19(22)21-11-6-5-8-15-16(21)9-7-10-17(15)23-4/h7,9-10,12H,5-6,8,11H2,1-4H3/t12-/m0/s1. The summed E-state index contributed by atoms with van der Waals surface area (Å²) in [5.74, 6) is 1.38. The van der Waals surface area contributed by atoms with Crippen molar-refractivity contribution in [3.8, 4) is 5.75 Å². The number of aryl methyl sites for hydroxylation is 2. The molecule has 0 bridgehead atoms. The van der Waals surface area contributed by atoms with Gasteiger partial charge in [-0.1, -0.05) is 11.2 Å². The van der Waals surface area contributed by atoms with Crippen LogP contribution >= 0.6 is 0 Å². The quantitative estimate of drug-likeness (QED) is 0.860. The fourth-order valence-electron chi connectivity index (χ4n) is 3.64. The van der Waals surface area contributed by atoms with E-state index in [0.29, 0.717) is 5.76 Å². The van der Waals surface area contributed by atoms with Gasteiger partial charge in [0.2, 0.25) is 5.91 Å². The average molecular weight is 328 g/mol. The highest BCUT2D eigenvalue weighted by Gasteiger charge is 2.30. The topological polar surface area (TPSA) is 55.6 Å². The number of methoxy groups -OCH3 is 1. The Bertz CT molecular complexity index is 732. The highest BCUT2D eigenvalue weighted by atomic mass is 16.5. The third kappa shape index (κ3) is 2.79. The lowest BCUT2D eigenvalue weighted by Crippen LogP contribution is -2.35. The summed E-state index contributed by atoms with van der Waals surface area (Å²) in [4.78, 5) is 15.1. The first-order valence-electron chi connectivity index (χ1n) is 8.44. The van der Waals surface area contributed by atoms with Crippen LogP contribution in [0, 0.1) is 13.8 Å². The van der Waals surface area contributed by atoms with E-state index >= 15 is 0 Å². The van der Waals surface area contributed by atoms with Crippen LogP contribution in [0.15, 0.2) is 22.7 Å². The van der Waals surface area contributed by atoms with E-state index in [-0.39, 0.29) is 11.8 Å². The minimum atomic E-state index is -0.284. The maximum absolute atomic E-state index is 13.2. The Hall–Kier alpha value is -2.30. The van der Waals surface area contributed by atoms with Crippen LogP contribution < -0.4 is 9.64 Å². The predicted octanol–water partition coefficient (Wildman–Crippen LogP) is 3.77.